The van der Waals surface area contributed by atoms with Crippen LogP contribution in [0, 0.1) is 0 Å². The van der Waals surface area contributed by atoms with Gasteiger partial charge in [0.2, 0.25) is 0 Å². The van der Waals surface area contributed by atoms with E-state index in [4.69, 9.17) is 4.74 Å². The van der Waals surface area contributed by atoms with Gasteiger partial charge in [-0.25, -0.2) is 12.8 Å². The third kappa shape index (κ3) is 5.76. The molecule has 3 rings (SSSR count). The van der Waals surface area contributed by atoms with Crippen molar-refractivity contribution in [3.8, 4) is 5.75 Å². The number of carbonyl (C=O) groups is 1. The van der Waals surface area contributed by atoms with Crippen molar-refractivity contribution in [1.82, 2.24) is 4.90 Å². The molecular formula is C27H32FNO4S. The number of allylic oxidation sites excluding steroid dienone is 4. The fraction of sp³-hybridized carbons (Fsp3) is 0.370. The van der Waals surface area contributed by atoms with Crippen LogP contribution in [0.25, 0.3) is 5.57 Å². The molecule has 1 unspecified atom stereocenters. The van der Waals surface area contributed by atoms with Crippen LogP contribution >= 0.6 is 0 Å². The monoisotopic (exact) mass is 485 g/mol. The molecule has 2 aromatic carbocycles. The first-order valence-corrected chi connectivity index (χ1v) is 13.1. The zero-order valence-electron chi connectivity index (χ0n) is 20.6. The van der Waals surface area contributed by atoms with Crippen LogP contribution in [0.3, 0.4) is 0 Å². The van der Waals surface area contributed by atoms with Crippen LogP contribution in [0.2, 0.25) is 0 Å². The molecule has 0 radical (unpaired) electrons. The highest BCUT2D eigenvalue weighted by atomic mass is 32.2. The van der Waals surface area contributed by atoms with Crippen LogP contribution in [-0.2, 0) is 22.9 Å². The van der Waals surface area contributed by atoms with Gasteiger partial charge in [0.05, 0.1) is 10.5 Å². The Labute approximate surface area is 201 Å². The second kappa shape index (κ2) is 9.74. The van der Waals surface area contributed by atoms with Gasteiger partial charge in [-0.15, -0.1) is 0 Å². The van der Waals surface area contributed by atoms with E-state index >= 15 is 0 Å². The second-order valence-electron chi connectivity index (χ2n) is 9.27. The molecule has 0 N–H and O–H groups in total. The lowest BCUT2D eigenvalue weighted by Gasteiger charge is -2.26. The molecule has 1 heterocycles. The van der Waals surface area contributed by atoms with Crippen LogP contribution in [0.15, 0.2) is 59.5 Å². The van der Waals surface area contributed by atoms with Crippen molar-refractivity contribution >= 4 is 21.3 Å². The van der Waals surface area contributed by atoms with E-state index in [0.29, 0.717) is 13.1 Å². The molecule has 7 heteroatoms. The third-order valence-corrected chi connectivity index (χ3v) is 7.20. The molecule has 0 aromatic heterocycles. The number of fused-ring (bicyclic) bond motifs is 1. The van der Waals surface area contributed by atoms with Crippen LogP contribution in [-0.4, -0.2) is 37.3 Å². The Hall–Kier alpha value is -2.93. The van der Waals surface area contributed by atoms with Crippen molar-refractivity contribution < 1.29 is 22.3 Å². The number of ether oxygens (including phenoxy) is 1. The number of benzene rings is 2. The van der Waals surface area contributed by atoms with Crippen molar-refractivity contribution in [2.45, 2.75) is 64.4 Å². The Morgan fingerprint density at radius 1 is 1.15 bits per heavy atom. The predicted octanol–water partition coefficient (Wildman–Crippen LogP) is 5.74. The van der Waals surface area contributed by atoms with E-state index in [1.54, 1.807) is 11.8 Å². The summed E-state index contributed by atoms with van der Waals surface area (Å²) < 4.78 is 44.5. The molecule has 0 saturated carbocycles. The lowest BCUT2D eigenvalue weighted by atomic mass is 10.0. The summed E-state index contributed by atoms with van der Waals surface area (Å²) in [6.45, 7) is 9.16. The Balaban J connectivity index is 1.94. The first-order chi connectivity index (χ1) is 15.8. The molecule has 0 spiro atoms. The third-order valence-electron chi connectivity index (χ3n) is 6.09. The molecule has 182 valence electrons. The minimum atomic E-state index is -3.54. The molecule has 0 bridgehead atoms. The SMILES string of the molecule is C/C=C\C=C(/C)c1ccc2c(c1)CN(C(=O)c1cc(S(C)(=O)=O)ccc1OC(C)C(C)(C)F)C2. The van der Waals surface area contributed by atoms with Gasteiger partial charge in [-0.2, -0.15) is 0 Å². The number of hydrogen-bond acceptors (Lipinski definition) is 4. The molecule has 1 amide bonds. The summed E-state index contributed by atoms with van der Waals surface area (Å²) >= 11 is 0. The Morgan fingerprint density at radius 2 is 1.82 bits per heavy atom. The van der Waals surface area contributed by atoms with Gasteiger partial charge in [-0.3, -0.25) is 4.79 Å². The summed E-state index contributed by atoms with van der Waals surface area (Å²) in [7, 11) is -3.54. The summed E-state index contributed by atoms with van der Waals surface area (Å²) in [4.78, 5) is 15.2. The van der Waals surface area contributed by atoms with Gasteiger partial charge in [0.25, 0.3) is 5.91 Å². The average Bonchev–Trinajstić information content (AvgIpc) is 3.19. The minimum Gasteiger partial charge on any atom is -0.487 e. The summed E-state index contributed by atoms with van der Waals surface area (Å²) in [6, 6.07) is 10.3. The number of amides is 1. The molecule has 34 heavy (non-hydrogen) atoms. The van der Waals surface area contributed by atoms with E-state index in [1.807, 2.05) is 44.2 Å². The highest BCUT2D eigenvalue weighted by molar-refractivity contribution is 7.90. The number of alkyl halides is 1. The molecule has 0 saturated heterocycles. The van der Waals surface area contributed by atoms with Gasteiger partial charge in [0.15, 0.2) is 9.84 Å². The number of rotatable bonds is 7. The Kier molecular flexibility index (Phi) is 7.36. The largest absolute Gasteiger partial charge is 0.487 e. The Bertz CT molecular complexity index is 1260. The molecule has 1 aliphatic heterocycles. The van der Waals surface area contributed by atoms with Gasteiger partial charge in [-0.1, -0.05) is 30.4 Å². The fourth-order valence-corrected chi connectivity index (χ4v) is 4.28. The van der Waals surface area contributed by atoms with Crippen LogP contribution < -0.4 is 4.74 Å². The van der Waals surface area contributed by atoms with E-state index in [9.17, 15) is 17.6 Å². The van der Waals surface area contributed by atoms with Crippen LogP contribution in [0.4, 0.5) is 4.39 Å². The number of hydrogen-bond donors (Lipinski definition) is 0. The van der Waals surface area contributed by atoms with E-state index in [1.165, 1.54) is 32.0 Å². The van der Waals surface area contributed by atoms with Crippen molar-refractivity contribution in [2.75, 3.05) is 6.26 Å². The second-order valence-corrected chi connectivity index (χ2v) is 11.3. The quantitative estimate of drug-likeness (QED) is 0.469. The zero-order valence-corrected chi connectivity index (χ0v) is 21.4. The molecule has 0 fully saturated rings. The standard InChI is InChI=1S/C27H32FNO4S/c1-7-8-9-18(2)20-10-11-21-16-29(17-22(21)14-20)26(30)24-15-23(34(6,31)32)12-13-25(24)33-19(3)27(4,5)28/h7-15,19H,16-17H2,1-6H3/b8-7-,18-9+. The maximum absolute atomic E-state index is 14.4. The van der Waals surface area contributed by atoms with Gasteiger partial charge in [0, 0.05) is 19.3 Å². The normalized spacial score (nSPS) is 15.5. The maximum atomic E-state index is 14.4. The van der Waals surface area contributed by atoms with Gasteiger partial charge in [0.1, 0.15) is 17.5 Å². The molecule has 1 aliphatic rings. The topological polar surface area (TPSA) is 63.7 Å². The molecule has 0 aliphatic carbocycles. The first-order valence-electron chi connectivity index (χ1n) is 11.2. The summed E-state index contributed by atoms with van der Waals surface area (Å²) in [5.41, 5.74) is 2.73. The molecule has 2 aromatic rings. The first kappa shape index (κ1) is 25.7. The molecule has 1 atom stereocenters. The lowest BCUT2D eigenvalue weighted by Crippen LogP contribution is -2.34. The summed E-state index contributed by atoms with van der Waals surface area (Å²) in [6.07, 6.45) is 6.23. The van der Waals surface area contributed by atoms with E-state index in [2.05, 4.69) is 6.07 Å². The maximum Gasteiger partial charge on any atom is 0.258 e. The Morgan fingerprint density at radius 3 is 2.44 bits per heavy atom. The lowest BCUT2D eigenvalue weighted by molar-refractivity contribution is 0.0468. The van der Waals surface area contributed by atoms with Crippen LogP contribution in [0.5, 0.6) is 5.75 Å². The van der Waals surface area contributed by atoms with Crippen molar-refractivity contribution in [1.29, 1.82) is 0 Å². The smallest absolute Gasteiger partial charge is 0.258 e. The predicted molar refractivity (Wildman–Crippen MR) is 133 cm³/mol. The van der Waals surface area contributed by atoms with E-state index < -0.39 is 21.6 Å². The van der Waals surface area contributed by atoms with Gasteiger partial charge in [-0.05, 0) is 81.1 Å². The molecular weight excluding hydrogens is 453 g/mol. The van der Waals surface area contributed by atoms with Crippen LogP contribution in [0.1, 0.15) is 61.7 Å². The zero-order chi connectivity index (χ0) is 25.3. The highest BCUT2D eigenvalue weighted by Gasteiger charge is 2.31. The fourth-order valence-electron chi connectivity index (χ4n) is 3.63. The highest BCUT2D eigenvalue weighted by Crippen LogP contribution is 2.32. The van der Waals surface area contributed by atoms with E-state index in [0.717, 1.165) is 28.5 Å². The number of carbonyl (C=O) groups excluding carboxylic acids is 1. The van der Waals surface area contributed by atoms with Crippen molar-refractivity contribution in [2.24, 2.45) is 0 Å². The summed E-state index contributed by atoms with van der Waals surface area (Å²) in [5, 5.41) is 0. The number of sulfone groups is 1. The van der Waals surface area contributed by atoms with Gasteiger partial charge >= 0.3 is 0 Å². The average molecular weight is 486 g/mol. The van der Waals surface area contributed by atoms with Crippen molar-refractivity contribution in [3.63, 3.8) is 0 Å². The molecule has 5 nitrogen and oxygen atoms in total. The van der Waals surface area contributed by atoms with E-state index in [-0.39, 0.29) is 22.1 Å². The minimum absolute atomic E-state index is 0.0131. The van der Waals surface area contributed by atoms with Gasteiger partial charge < -0.3 is 9.64 Å². The number of nitrogens with zero attached hydrogens (tertiary/aromatic N) is 1. The number of halogens is 1. The summed E-state index contributed by atoms with van der Waals surface area (Å²) in [5.74, 6) is -0.194. The van der Waals surface area contributed by atoms with Crippen molar-refractivity contribution in [3.05, 3.63) is 76.9 Å².